The SMILES string of the molecule is Cc1ccccc1C(C)(C)C(C)/C=C/C=C/C=C/C=C1\N(C)c2ccccc2C1(C)C. The highest BCUT2D eigenvalue weighted by Gasteiger charge is 2.37. The lowest BCUT2D eigenvalue weighted by molar-refractivity contribution is 0.407. The molecule has 0 aromatic heterocycles. The van der Waals surface area contributed by atoms with Crippen molar-refractivity contribution in [3.05, 3.63) is 113 Å². The molecule has 0 spiro atoms. The Morgan fingerprint density at radius 1 is 0.871 bits per heavy atom. The maximum atomic E-state index is 2.33. The zero-order valence-corrected chi connectivity index (χ0v) is 20.2. The maximum absolute atomic E-state index is 2.33. The highest BCUT2D eigenvalue weighted by molar-refractivity contribution is 5.70. The summed E-state index contributed by atoms with van der Waals surface area (Å²) in [6.07, 6.45) is 15.2. The van der Waals surface area contributed by atoms with Crippen LogP contribution in [0.2, 0.25) is 0 Å². The molecule has 1 aliphatic rings. The Morgan fingerprint density at radius 3 is 2.19 bits per heavy atom. The number of nitrogens with zero attached hydrogens (tertiary/aromatic N) is 1. The molecule has 1 unspecified atom stereocenters. The van der Waals surface area contributed by atoms with E-state index in [-0.39, 0.29) is 10.8 Å². The van der Waals surface area contributed by atoms with Crippen LogP contribution in [0.5, 0.6) is 0 Å². The average Bonchev–Trinajstić information content (AvgIpc) is 2.93. The van der Waals surface area contributed by atoms with Gasteiger partial charge in [-0.05, 0) is 47.1 Å². The van der Waals surface area contributed by atoms with E-state index in [2.05, 4.69) is 145 Å². The highest BCUT2D eigenvalue weighted by atomic mass is 15.2. The summed E-state index contributed by atoms with van der Waals surface area (Å²) in [5.41, 5.74) is 6.92. The van der Waals surface area contributed by atoms with E-state index in [1.54, 1.807) is 0 Å². The Bertz CT molecular complexity index is 1030. The van der Waals surface area contributed by atoms with Crippen molar-refractivity contribution in [2.45, 2.75) is 52.4 Å². The summed E-state index contributed by atoms with van der Waals surface area (Å²) in [4.78, 5) is 2.30. The molecule has 0 amide bonds. The van der Waals surface area contributed by atoms with Crippen molar-refractivity contribution in [1.29, 1.82) is 0 Å². The molecule has 0 aliphatic carbocycles. The highest BCUT2D eigenvalue weighted by Crippen LogP contribution is 2.46. The van der Waals surface area contributed by atoms with E-state index < -0.39 is 0 Å². The lowest BCUT2D eigenvalue weighted by atomic mass is 9.72. The number of benzene rings is 2. The summed E-state index contributed by atoms with van der Waals surface area (Å²) in [5, 5.41) is 0. The number of allylic oxidation sites excluding steroid dienone is 8. The largest absolute Gasteiger partial charge is 0.347 e. The van der Waals surface area contributed by atoms with Crippen LogP contribution in [0.15, 0.2) is 96.8 Å². The summed E-state index contributed by atoms with van der Waals surface area (Å²) in [6, 6.07) is 17.4. The molecular formula is C30H37N. The van der Waals surface area contributed by atoms with Gasteiger partial charge in [0.1, 0.15) is 0 Å². The van der Waals surface area contributed by atoms with E-state index in [0.717, 1.165) is 0 Å². The van der Waals surface area contributed by atoms with Gasteiger partial charge in [-0.15, -0.1) is 0 Å². The molecule has 3 rings (SSSR count). The van der Waals surface area contributed by atoms with Crippen molar-refractivity contribution >= 4 is 5.69 Å². The second-order valence-electron chi connectivity index (χ2n) is 9.73. The van der Waals surface area contributed by atoms with Crippen LogP contribution >= 0.6 is 0 Å². The first-order valence-electron chi connectivity index (χ1n) is 11.3. The first-order valence-corrected chi connectivity index (χ1v) is 11.3. The van der Waals surface area contributed by atoms with E-state index in [1.165, 1.54) is 28.1 Å². The van der Waals surface area contributed by atoms with Crippen molar-refractivity contribution in [1.82, 2.24) is 0 Å². The molecule has 0 radical (unpaired) electrons. The fourth-order valence-electron chi connectivity index (χ4n) is 4.65. The predicted molar refractivity (Wildman–Crippen MR) is 137 cm³/mol. The topological polar surface area (TPSA) is 3.24 Å². The van der Waals surface area contributed by atoms with Gasteiger partial charge < -0.3 is 4.90 Å². The van der Waals surface area contributed by atoms with Gasteiger partial charge in [-0.25, -0.2) is 0 Å². The third-order valence-electron chi connectivity index (χ3n) is 7.02. The summed E-state index contributed by atoms with van der Waals surface area (Å²) >= 11 is 0. The van der Waals surface area contributed by atoms with Gasteiger partial charge in [0.05, 0.1) is 0 Å². The number of para-hydroxylation sites is 1. The molecule has 0 saturated heterocycles. The molecule has 0 N–H and O–H groups in total. The number of hydrogen-bond acceptors (Lipinski definition) is 1. The minimum Gasteiger partial charge on any atom is -0.347 e. The lowest BCUT2D eigenvalue weighted by Gasteiger charge is -2.32. The number of aryl methyl sites for hydroxylation is 1. The van der Waals surface area contributed by atoms with Crippen LogP contribution in [0, 0.1) is 12.8 Å². The fourth-order valence-corrected chi connectivity index (χ4v) is 4.65. The molecule has 2 aromatic rings. The van der Waals surface area contributed by atoms with Crippen molar-refractivity contribution in [3.63, 3.8) is 0 Å². The predicted octanol–water partition coefficient (Wildman–Crippen LogP) is 7.89. The molecule has 1 heterocycles. The molecule has 0 saturated carbocycles. The summed E-state index contributed by atoms with van der Waals surface area (Å²) in [7, 11) is 2.16. The first kappa shape index (κ1) is 22.9. The Hall–Kier alpha value is -2.80. The molecule has 1 heteroatoms. The van der Waals surface area contributed by atoms with Gasteiger partial charge in [0.15, 0.2) is 0 Å². The van der Waals surface area contributed by atoms with Crippen LogP contribution in [0.3, 0.4) is 0 Å². The van der Waals surface area contributed by atoms with Gasteiger partial charge in [-0.2, -0.15) is 0 Å². The number of fused-ring (bicyclic) bond motifs is 1. The Balaban J connectivity index is 1.64. The van der Waals surface area contributed by atoms with Gasteiger partial charge >= 0.3 is 0 Å². The number of anilines is 1. The molecule has 1 atom stereocenters. The molecule has 31 heavy (non-hydrogen) atoms. The van der Waals surface area contributed by atoms with Gasteiger partial charge in [-0.3, -0.25) is 0 Å². The van der Waals surface area contributed by atoms with Crippen molar-refractivity contribution < 1.29 is 0 Å². The van der Waals surface area contributed by atoms with Crippen LogP contribution in [-0.4, -0.2) is 7.05 Å². The van der Waals surface area contributed by atoms with Crippen LogP contribution < -0.4 is 4.90 Å². The second kappa shape index (κ2) is 9.14. The third-order valence-corrected chi connectivity index (χ3v) is 7.02. The summed E-state index contributed by atoms with van der Waals surface area (Å²) < 4.78 is 0. The Kier molecular flexibility index (Phi) is 6.74. The van der Waals surface area contributed by atoms with Crippen molar-refractivity contribution in [2.24, 2.45) is 5.92 Å². The standard InChI is InChI=1S/C30H37N/c1-23-17-13-14-19-25(23)29(3,4)24(2)18-11-9-8-10-12-22-28-30(5,6)26-20-15-16-21-27(26)31(28)7/h8-22,24H,1-7H3/b9-8+,12-10+,18-11+,28-22-. The van der Waals surface area contributed by atoms with Gasteiger partial charge in [-0.1, -0.05) is 114 Å². The average molecular weight is 412 g/mol. The zero-order valence-electron chi connectivity index (χ0n) is 20.2. The number of hydrogen-bond donors (Lipinski definition) is 0. The maximum Gasteiger partial charge on any atom is 0.0447 e. The molecule has 0 bridgehead atoms. The molecule has 2 aromatic carbocycles. The number of likely N-dealkylation sites (N-methyl/N-ethyl adjacent to an activating group) is 1. The minimum absolute atomic E-state index is 0.0237. The Labute approximate surface area is 189 Å². The van der Waals surface area contributed by atoms with Crippen LogP contribution in [-0.2, 0) is 10.8 Å². The quantitative estimate of drug-likeness (QED) is 0.437. The smallest absolute Gasteiger partial charge is 0.0447 e. The van der Waals surface area contributed by atoms with Crippen LogP contribution in [0.1, 0.15) is 51.3 Å². The van der Waals surface area contributed by atoms with E-state index in [0.29, 0.717) is 5.92 Å². The van der Waals surface area contributed by atoms with Crippen LogP contribution in [0.25, 0.3) is 0 Å². The fraction of sp³-hybridized carbons (Fsp3) is 0.333. The normalized spacial score (nSPS) is 18.5. The molecule has 1 aliphatic heterocycles. The van der Waals surface area contributed by atoms with E-state index in [1.807, 2.05) is 0 Å². The minimum atomic E-state index is 0.0237. The second-order valence-corrected chi connectivity index (χ2v) is 9.73. The van der Waals surface area contributed by atoms with Crippen molar-refractivity contribution in [2.75, 3.05) is 11.9 Å². The van der Waals surface area contributed by atoms with E-state index >= 15 is 0 Å². The van der Waals surface area contributed by atoms with Crippen LogP contribution in [0.4, 0.5) is 5.69 Å². The van der Waals surface area contributed by atoms with E-state index in [9.17, 15) is 0 Å². The monoisotopic (exact) mass is 411 g/mol. The third kappa shape index (κ3) is 4.61. The molecule has 0 fully saturated rings. The lowest BCUT2D eigenvalue weighted by Crippen LogP contribution is -2.26. The molecular weight excluding hydrogens is 374 g/mol. The first-order chi connectivity index (χ1) is 14.7. The van der Waals surface area contributed by atoms with Crippen molar-refractivity contribution in [3.8, 4) is 0 Å². The Morgan fingerprint density at radius 2 is 1.48 bits per heavy atom. The summed E-state index contributed by atoms with van der Waals surface area (Å²) in [5.74, 6) is 0.441. The van der Waals surface area contributed by atoms with Gasteiger partial charge in [0.25, 0.3) is 0 Å². The van der Waals surface area contributed by atoms with Gasteiger partial charge in [0.2, 0.25) is 0 Å². The van der Waals surface area contributed by atoms with E-state index in [4.69, 9.17) is 0 Å². The number of rotatable bonds is 6. The summed E-state index contributed by atoms with van der Waals surface area (Å²) in [6.45, 7) is 13.8. The van der Waals surface area contributed by atoms with Gasteiger partial charge in [0, 0.05) is 23.8 Å². The molecule has 162 valence electrons. The molecule has 1 nitrogen and oxygen atoms in total. The zero-order chi connectivity index (χ0) is 22.6.